The highest BCUT2D eigenvalue weighted by molar-refractivity contribution is 6.04. The average Bonchev–Trinajstić information content (AvgIpc) is 3.29. The number of benzene rings is 3. The largest absolute Gasteiger partial charge is 0.465 e. The molecule has 0 aliphatic heterocycles. The molecule has 1 amide bonds. The van der Waals surface area contributed by atoms with E-state index in [1.807, 2.05) is 43.3 Å². The van der Waals surface area contributed by atoms with Crippen LogP contribution in [0.15, 0.2) is 79.0 Å². The molecule has 4 aromatic rings. The number of carbonyl (C=O) groups excluding carboxylic acids is 2. The Kier molecular flexibility index (Phi) is 5.57. The topological polar surface area (TPSA) is 86.1 Å². The summed E-state index contributed by atoms with van der Waals surface area (Å²) in [5, 5.41) is 11.0. The van der Waals surface area contributed by atoms with Gasteiger partial charge in [-0.1, -0.05) is 35.0 Å². The lowest BCUT2D eigenvalue weighted by Gasteiger charge is -2.09. The molecule has 0 unspecified atom stereocenters. The highest BCUT2D eigenvalue weighted by Gasteiger charge is 2.11. The van der Waals surface area contributed by atoms with Crippen LogP contribution < -0.4 is 5.32 Å². The predicted molar refractivity (Wildman–Crippen MR) is 117 cm³/mol. The minimum Gasteiger partial charge on any atom is -0.465 e. The van der Waals surface area contributed by atoms with Gasteiger partial charge in [-0.2, -0.15) is 0 Å². The summed E-state index contributed by atoms with van der Waals surface area (Å²) in [6.07, 6.45) is 1.71. The van der Waals surface area contributed by atoms with E-state index >= 15 is 0 Å². The summed E-state index contributed by atoms with van der Waals surface area (Å²) < 4.78 is 6.41. The van der Waals surface area contributed by atoms with Crippen LogP contribution in [-0.2, 0) is 4.74 Å². The minimum atomic E-state index is -0.424. The standard InChI is InChI=1S/C24H20N4O3/c1-16-3-5-17(6-4-16)22-15-25-27-28(22)21-13-9-18(10-14-21)23(29)26-20-11-7-19(8-12-20)24(30)31-2/h3-15H,1-2H3,(H,26,29). The normalized spacial score (nSPS) is 10.5. The van der Waals surface area contributed by atoms with E-state index in [1.54, 1.807) is 47.3 Å². The van der Waals surface area contributed by atoms with Crippen molar-refractivity contribution < 1.29 is 14.3 Å². The fourth-order valence-electron chi connectivity index (χ4n) is 3.11. The number of amides is 1. The zero-order chi connectivity index (χ0) is 21.8. The van der Waals surface area contributed by atoms with Gasteiger partial charge in [0.25, 0.3) is 5.91 Å². The molecule has 1 heterocycles. The molecule has 1 N–H and O–H groups in total. The van der Waals surface area contributed by atoms with Gasteiger partial charge in [-0.3, -0.25) is 4.79 Å². The van der Waals surface area contributed by atoms with Gasteiger partial charge in [-0.25, -0.2) is 9.48 Å². The molecule has 7 heteroatoms. The van der Waals surface area contributed by atoms with Crippen molar-refractivity contribution in [1.82, 2.24) is 15.0 Å². The Morgan fingerprint density at radius 2 is 1.52 bits per heavy atom. The average molecular weight is 412 g/mol. The Morgan fingerprint density at radius 1 is 0.871 bits per heavy atom. The van der Waals surface area contributed by atoms with Crippen molar-refractivity contribution in [2.24, 2.45) is 0 Å². The van der Waals surface area contributed by atoms with Crippen LogP contribution >= 0.6 is 0 Å². The maximum Gasteiger partial charge on any atom is 0.337 e. The maximum atomic E-state index is 12.6. The molecule has 0 radical (unpaired) electrons. The monoisotopic (exact) mass is 412 g/mol. The number of methoxy groups -OCH3 is 1. The van der Waals surface area contributed by atoms with Crippen molar-refractivity contribution in [1.29, 1.82) is 0 Å². The quantitative estimate of drug-likeness (QED) is 0.495. The van der Waals surface area contributed by atoms with Crippen molar-refractivity contribution in [3.63, 3.8) is 0 Å². The first-order chi connectivity index (χ1) is 15.0. The van der Waals surface area contributed by atoms with Gasteiger partial charge in [0, 0.05) is 16.8 Å². The van der Waals surface area contributed by atoms with E-state index in [-0.39, 0.29) is 5.91 Å². The number of esters is 1. The van der Waals surface area contributed by atoms with Crippen LogP contribution in [-0.4, -0.2) is 34.0 Å². The van der Waals surface area contributed by atoms with Gasteiger partial charge >= 0.3 is 5.97 Å². The molecule has 0 spiro atoms. The highest BCUT2D eigenvalue weighted by atomic mass is 16.5. The Hall–Kier alpha value is -4.26. The summed E-state index contributed by atoms with van der Waals surface area (Å²) in [5.41, 5.74) is 5.35. The lowest BCUT2D eigenvalue weighted by Crippen LogP contribution is -2.12. The molecule has 0 aliphatic carbocycles. The Balaban J connectivity index is 1.50. The smallest absolute Gasteiger partial charge is 0.337 e. The minimum absolute atomic E-state index is 0.255. The number of nitrogens with zero attached hydrogens (tertiary/aromatic N) is 3. The van der Waals surface area contributed by atoms with Crippen LogP contribution in [0.4, 0.5) is 5.69 Å². The number of nitrogens with one attached hydrogen (secondary N) is 1. The summed E-state index contributed by atoms with van der Waals surface area (Å²) >= 11 is 0. The van der Waals surface area contributed by atoms with Crippen molar-refractivity contribution in [3.05, 3.63) is 95.7 Å². The molecule has 0 aliphatic rings. The fraction of sp³-hybridized carbons (Fsp3) is 0.0833. The van der Waals surface area contributed by atoms with E-state index in [0.717, 1.165) is 16.9 Å². The number of carbonyl (C=O) groups is 2. The number of ether oxygens (including phenoxy) is 1. The third kappa shape index (κ3) is 4.35. The molecule has 0 bridgehead atoms. The third-order valence-electron chi connectivity index (χ3n) is 4.83. The van der Waals surface area contributed by atoms with Gasteiger partial charge in [0.2, 0.25) is 0 Å². The molecule has 0 saturated heterocycles. The number of anilines is 1. The zero-order valence-electron chi connectivity index (χ0n) is 17.1. The van der Waals surface area contributed by atoms with Crippen LogP contribution in [0, 0.1) is 6.92 Å². The van der Waals surface area contributed by atoms with E-state index in [9.17, 15) is 9.59 Å². The second-order valence-electron chi connectivity index (χ2n) is 6.97. The van der Waals surface area contributed by atoms with Crippen molar-refractivity contribution in [2.45, 2.75) is 6.92 Å². The van der Waals surface area contributed by atoms with Crippen LogP contribution in [0.1, 0.15) is 26.3 Å². The maximum absolute atomic E-state index is 12.6. The van der Waals surface area contributed by atoms with Crippen LogP contribution in [0.25, 0.3) is 16.9 Å². The van der Waals surface area contributed by atoms with E-state index < -0.39 is 5.97 Å². The molecule has 3 aromatic carbocycles. The van der Waals surface area contributed by atoms with Crippen molar-refractivity contribution in [3.8, 4) is 16.9 Å². The summed E-state index contributed by atoms with van der Waals surface area (Å²) in [4.78, 5) is 24.1. The van der Waals surface area contributed by atoms with Crippen LogP contribution in [0.2, 0.25) is 0 Å². The molecular weight excluding hydrogens is 392 g/mol. The van der Waals surface area contributed by atoms with E-state index in [2.05, 4.69) is 20.4 Å². The zero-order valence-corrected chi connectivity index (χ0v) is 17.1. The van der Waals surface area contributed by atoms with Gasteiger partial charge in [0.1, 0.15) is 0 Å². The molecule has 0 fully saturated rings. The van der Waals surface area contributed by atoms with Gasteiger partial charge in [0.15, 0.2) is 0 Å². The molecule has 7 nitrogen and oxygen atoms in total. The predicted octanol–water partition coefficient (Wildman–Crippen LogP) is 4.28. The Morgan fingerprint density at radius 3 is 2.16 bits per heavy atom. The van der Waals surface area contributed by atoms with Gasteiger partial charge in [-0.15, -0.1) is 5.10 Å². The molecule has 0 saturated carbocycles. The van der Waals surface area contributed by atoms with Crippen molar-refractivity contribution >= 4 is 17.6 Å². The fourth-order valence-corrected chi connectivity index (χ4v) is 3.11. The van der Waals surface area contributed by atoms with E-state index in [1.165, 1.54) is 12.7 Å². The summed E-state index contributed by atoms with van der Waals surface area (Å²) in [6, 6.07) is 21.7. The third-order valence-corrected chi connectivity index (χ3v) is 4.83. The molecular formula is C24H20N4O3. The second-order valence-corrected chi connectivity index (χ2v) is 6.97. The number of hydrogen-bond acceptors (Lipinski definition) is 5. The number of hydrogen-bond donors (Lipinski definition) is 1. The van der Waals surface area contributed by atoms with Crippen molar-refractivity contribution in [2.75, 3.05) is 12.4 Å². The molecule has 1 aromatic heterocycles. The lowest BCUT2D eigenvalue weighted by atomic mass is 10.1. The lowest BCUT2D eigenvalue weighted by molar-refractivity contribution is 0.0600. The molecule has 31 heavy (non-hydrogen) atoms. The van der Waals surface area contributed by atoms with Crippen LogP contribution in [0.3, 0.4) is 0 Å². The van der Waals surface area contributed by atoms with Gasteiger partial charge in [-0.05, 0) is 55.5 Å². The Bertz CT molecular complexity index is 1210. The first-order valence-electron chi connectivity index (χ1n) is 9.63. The summed E-state index contributed by atoms with van der Waals surface area (Å²) in [5.74, 6) is -0.679. The molecule has 4 rings (SSSR count). The Labute approximate surface area is 179 Å². The van der Waals surface area contributed by atoms with E-state index in [4.69, 9.17) is 0 Å². The van der Waals surface area contributed by atoms with Crippen LogP contribution in [0.5, 0.6) is 0 Å². The highest BCUT2D eigenvalue weighted by Crippen LogP contribution is 2.22. The number of rotatable bonds is 5. The van der Waals surface area contributed by atoms with Gasteiger partial charge in [0.05, 0.1) is 30.3 Å². The SMILES string of the molecule is COC(=O)c1ccc(NC(=O)c2ccc(-n3nncc3-c3ccc(C)cc3)cc2)cc1. The van der Waals surface area contributed by atoms with E-state index in [0.29, 0.717) is 16.8 Å². The second kappa shape index (κ2) is 8.62. The number of aromatic nitrogens is 3. The summed E-state index contributed by atoms with van der Waals surface area (Å²) in [6.45, 7) is 2.04. The molecule has 0 atom stereocenters. The summed E-state index contributed by atoms with van der Waals surface area (Å²) in [7, 11) is 1.32. The first-order valence-corrected chi connectivity index (χ1v) is 9.63. The van der Waals surface area contributed by atoms with Gasteiger partial charge < -0.3 is 10.1 Å². The number of aryl methyl sites for hydroxylation is 1. The first kappa shape index (κ1) is 20.0. The molecule has 154 valence electrons.